The van der Waals surface area contributed by atoms with E-state index in [1.807, 2.05) is 0 Å². The normalized spacial score (nSPS) is 14.5. The van der Waals surface area contributed by atoms with E-state index in [9.17, 15) is 31.1 Å². The second-order valence-electron chi connectivity index (χ2n) is 10.2. The van der Waals surface area contributed by atoms with E-state index in [0.717, 1.165) is 32.8 Å². The average molecular weight is 623 g/mol. The highest BCUT2D eigenvalue weighted by atomic mass is 19.4. The quantitative estimate of drug-likeness (QED) is 0.225. The minimum atomic E-state index is -5.04. The van der Waals surface area contributed by atoms with Crippen LogP contribution in [0.15, 0.2) is 42.6 Å². The van der Waals surface area contributed by atoms with Crippen molar-refractivity contribution in [2.75, 3.05) is 55.3 Å². The van der Waals surface area contributed by atoms with E-state index >= 15 is 0 Å². The third-order valence-corrected chi connectivity index (χ3v) is 6.99. The number of nitrogens with zero attached hydrogens (tertiary/aromatic N) is 5. The summed E-state index contributed by atoms with van der Waals surface area (Å²) in [5.74, 6) is 0.463. The van der Waals surface area contributed by atoms with Crippen LogP contribution in [-0.2, 0) is 24.1 Å². The van der Waals surface area contributed by atoms with Crippen LogP contribution in [-0.4, -0.2) is 70.1 Å². The molecule has 5 rings (SSSR count). The number of benzene rings is 2. The SMILES string of the molecule is Cc1cc(-c2nn(C)c3nc(NCCN4CCOCC4)ncc23)ccc1NC(=O)Nc1cc(C(F)(F)F)cc(C(F)(F)F)c1. The molecule has 0 unspecified atom stereocenters. The highest BCUT2D eigenvalue weighted by molar-refractivity contribution is 6.01. The Morgan fingerprint density at radius 3 is 2.30 bits per heavy atom. The third kappa shape index (κ3) is 7.19. The number of ether oxygens (including phenoxy) is 1. The Kier molecular flexibility index (Phi) is 8.65. The van der Waals surface area contributed by atoms with Crippen LogP contribution in [0, 0.1) is 6.92 Å². The van der Waals surface area contributed by atoms with E-state index in [1.165, 1.54) is 0 Å². The predicted octanol–water partition coefficient (Wildman–Crippen LogP) is 5.76. The van der Waals surface area contributed by atoms with Gasteiger partial charge in [0.15, 0.2) is 5.65 Å². The number of aryl methyl sites for hydroxylation is 2. The molecule has 16 heteroatoms. The van der Waals surface area contributed by atoms with Gasteiger partial charge >= 0.3 is 18.4 Å². The average Bonchev–Trinajstić information content (AvgIpc) is 3.29. The van der Waals surface area contributed by atoms with Gasteiger partial charge in [0.2, 0.25) is 5.95 Å². The maximum atomic E-state index is 13.2. The summed E-state index contributed by atoms with van der Waals surface area (Å²) in [5.41, 5.74) is -1.00. The van der Waals surface area contributed by atoms with Gasteiger partial charge in [-0.3, -0.25) is 4.90 Å². The fraction of sp³-hybridized carbons (Fsp3) is 0.357. The summed E-state index contributed by atoms with van der Waals surface area (Å²) in [4.78, 5) is 23.9. The molecule has 1 aliphatic heterocycles. The van der Waals surface area contributed by atoms with Gasteiger partial charge in [-0.2, -0.15) is 36.4 Å². The van der Waals surface area contributed by atoms with Crippen molar-refractivity contribution in [1.29, 1.82) is 0 Å². The first-order valence-electron chi connectivity index (χ1n) is 13.5. The van der Waals surface area contributed by atoms with Crippen LogP contribution >= 0.6 is 0 Å². The first-order valence-corrected chi connectivity index (χ1v) is 13.5. The summed E-state index contributed by atoms with van der Waals surface area (Å²) >= 11 is 0. The lowest BCUT2D eigenvalue weighted by molar-refractivity contribution is -0.143. The van der Waals surface area contributed by atoms with Crippen LogP contribution in [0.2, 0.25) is 0 Å². The van der Waals surface area contributed by atoms with Gasteiger partial charge in [-0.25, -0.2) is 14.5 Å². The van der Waals surface area contributed by atoms with E-state index in [1.54, 1.807) is 43.0 Å². The lowest BCUT2D eigenvalue weighted by Gasteiger charge is -2.26. The molecule has 1 aliphatic rings. The van der Waals surface area contributed by atoms with E-state index < -0.39 is 35.2 Å². The Hall–Kier alpha value is -4.44. The van der Waals surface area contributed by atoms with Crippen molar-refractivity contribution in [3.63, 3.8) is 0 Å². The van der Waals surface area contributed by atoms with Gasteiger partial charge in [-0.15, -0.1) is 0 Å². The van der Waals surface area contributed by atoms with E-state index in [4.69, 9.17) is 4.74 Å². The number of aromatic nitrogens is 4. The van der Waals surface area contributed by atoms with Crippen molar-refractivity contribution in [3.8, 4) is 11.3 Å². The van der Waals surface area contributed by atoms with E-state index in [2.05, 4.69) is 35.9 Å². The molecule has 234 valence electrons. The smallest absolute Gasteiger partial charge is 0.379 e. The molecule has 44 heavy (non-hydrogen) atoms. The Morgan fingerprint density at radius 1 is 0.977 bits per heavy atom. The van der Waals surface area contributed by atoms with Crippen molar-refractivity contribution >= 4 is 34.4 Å². The van der Waals surface area contributed by atoms with E-state index in [-0.39, 0.29) is 11.8 Å². The Balaban J connectivity index is 1.28. The second kappa shape index (κ2) is 12.3. The van der Waals surface area contributed by atoms with Crippen LogP contribution in [0.4, 0.5) is 48.5 Å². The van der Waals surface area contributed by atoms with Crippen LogP contribution in [0.25, 0.3) is 22.3 Å². The molecule has 0 saturated carbocycles. The summed E-state index contributed by atoms with van der Waals surface area (Å²) in [7, 11) is 1.75. The summed E-state index contributed by atoms with van der Waals surface area (Å²) in [6.07, 6.45) is -8.41. The summed E-state index contributed by atoms with van der Waals surface area (Å²) in [5, 5.41) is 13.0. The highest BCUT2D eigenvalue weighted by Crippen LogP contribution is 2.37. The molecular formula is C28H28F6N8O2. The zero-order valence-corrected chi connectivity index (χ0v) is 23.6. The maximum absolute atomic E-state index is 13.2. The number of halogens is 6. The number of hydrogen-bond acceptors (Lipinski definition) is 7. The number of rotatable bonds is 7. The third-order valence-electron chi connectivity index (χ3n) is 6.99. The molecular weight excluding hydrogens is 594 g/mol. The number of nitrogens with one attached hydrogen (secondary N) is 3. The molecule has 2 aromatic carbocycles. The van der Waals surface area contributed by atoms with Gasteiger partial charge < -0.3 is 20.7 Å². The van der Waals surface area contributed by atoms with Crippen LogP contribution < -0.4 is 16.0 Å². The van der Waals surface area contributed by atoms with Crippen molar-refractivity contribution in [2.24, 2.45) is 7.05 Å². The molecule has 0 atom stereocenters. The second-order valence-corrected chi connectivity index (χ2v) is 10.2. The van der Waals surface area contributed by atoms with Crippen LogP contribution in [0.3, 0.4) is 0 Å². The molecule has 10 nitrogen and oxygen atoms in total. The molecule has 0 aliphatic carbocycles. The number of carbonyl (C=O) groups excluding carboxylic acids is 1. The zero-order chi connectivity index (χ0) is 31.6. The first-order chi connectivity index (χ1) is 20.8. The fourth-order valence-electron chi connectivity index (χ4n) is 4.75. The Bertz CT molecular complexity index is 1630. The minimum absolute atomic E-state index is 0.0116. The van der Waals surface area contributed by atoms with Gasteiger partial charge in [-0.05, 0) is 42.8 Å². The van der Waals surface area contributed by atoms with E-state index in [0.29, 0.717) is 52.5 Å². The molecule has 2 amide bonds. The molecule has 1 fully saturated rings. The monoisotopic (exact) mass is 622 g/mol. The molecule has 0 bridgehead atoms. The van der Waals surface area contributed by atoms with Gasteiger partial charge in [0.25, 0.3) is 0 Å². The van der Waals surface area contributed by atoms with Crippen LogP contribution in [0.1, 0.15) is 16.7 Å². The fourth-order valence-corrected chi connectivity index (χ4v) is 4.75. The number of fused-ring (bicyclic) bond motifs is 1. The topological polar surface area (TPSA) is 109 Å². The maximum Gasteiger partial charge on any atom is 0.416 e. The molecule has 1 saturated heterocycles. The summed E-state index contributed by atoms with van der Waals surface area (Å²) in [6.45, 7) is 6.37. The standard InChI is InChI=1S/C28H28F6N8O2/c1-16-11-17(23-21-15-36-25(39-24(21)41(2)40-23)35-5-6-42-7-9-44-10-8-42)3-4-22(16)38-26(43)37-20-13-18(27(29,30)31)12-19(14-20)28(32,33)34/h3-4,11-15H,5-10H2,1-2H3,(H,35,36,39)(H2,37,38,43). The van der Waals surface area contributed by atoms with Gasteiger partial charge in [0.05, 0.1) is 29.7 Å². The predicted molar refractivity (Wildman–Crippen MR) is 151 cm³/mol. The number of amides is 2. The summed E-state index contributed by atoms with van der Waals surface area (Å²) < 4.78 is 86.0. The number of hydrogen-bond donors (Lipinski definition) is 3. The zero-order valence-electron chi connectivity index (χ0n) is 23.6. The minimum Gasteiger partial charge on any atom is -0.379 e. The van der Waals surface area contributed by atoms with Gasteiger partial charge in [-0.1, -0.05) is 6.07 Å². The van der Waals surface area contributed by atoms with Crippen molar-refractivity contribution in [2.45, 2.75) is 19.3 Å². The molecule has 2 aromatic heterocycles. The number of carbonyl (C=O) groups is 1. The first kappa shape index (κ1) is 31.0. The molecule has 4 aromatic rings. The van der Waals surface area contributed by atoms with Crippen molar-refractivity contribution in [1.82, 2.24) is 24.6 Å². The molecule has 0 spiro atoms. The summed E-state index contributed by atoms with van der Waals surface area (Å²) in [6, 6.07) is 4.80. The number of anilines is 3. The molecule has 3 heterocycles. The largest absolute Gasteiger partial charge is 0.416 e. The lowest BCUT2D eigenvalue weighted by atomic mass is 10.1. The van der Waals surface area contributed by atoms with Crippen molar-refractivity contribution < 1.29 is 35.9 Å². The number of morpholine rings is 1. The Morgan fingerprint density at radius 2 is 1.66 bits per heavy atom. The number of alkyl halides is 6. The number of urea groups is 1. The Labute approximate surface area is 247 Å². The van der Waals surface area contributed by atoms with Crippen molar-refractivity contribution in [3.05, 3.63) is 59.3 Å². The highest BCUT2D eigenvalue weighted by Gasteiger charge is 2.37. The van der Waals surface area contributed by atoms with Gasteiger partial charge in [0, 0.05) is 56.4 Å². The molecule has 0 radical (unpaired) electrons. The molecule has 3 N–H and O–H groups in total. The van der Waals surface area contributed by atoms with Gasteiger partial charge in [0.1, 0.15) is 5.69 Å². The lowest BCUT2D eigenvalue weighted by Crippen LogP contribution is -2.39. The van der Waals surface area contributed by atoms with Crippen LogP contribution in [0.5, 0.6) is 0 Å².